The van der Waals surface area contributed by atoms with Crippen molar-refractivity contribution in [3.05, 3.63) is 18.2 Å². The number of carbonyl (C=O) groups excluding carboxylic acids is 1. The maximum absolute atomic E-state index is 11.4. The number of aryl methyl sites for hydroxylation is 1. The molecule has 0 bridgehead atoms. The van der Waals surface area contributed by atoms with Gasteiger partial charge in [0.15, 0.2) is 0 Å². The monoisotopic (exact) mass is 372 g/mol. The summed E-state index contributed by atoms with van der Waals surface area (Å²) < 4.78 is 71.3. The zero-order valence-electron chi connectivity index (χ0n) is 12.7. The van der Waals surface area contributed by atoms with Crippen LogP contribution in [0.4, 0.5) is 25.2 Å². The molecular weight excluding hydrogens is 353 g/mol. The van der Waals surface area contributed by atoms with Gasteiger partial charge >= 0.3 is 39.0 Å². The second-order valence-corrected chi connectivity index (χ2v) is 6.71. The Bertz CT molecular complexity index is 503. The van der Waals surface area contributed by atoms with Crippen LogP contribution in [0.25, 0.3) is 0 Å². The van der Waals surface area contributed by atoms with Gasteiger partial charge in [0.1, 0.15) is 25.4 Å². The minimum atomic E-state index is -10.7. The number of hydrogen-bond acceptors (Lipinski definition) is 3. The van der Waals surface area contributed by atoms with E-state index in [0.29, 0.717) is 13.2 Å². The molecule has 0 aromatic carbocycles. The van der Waals surface area contributed by atoms with Gasteiger partial charge in [-0.2, -0.15) is 0 Å². The van der Waals surface area contributed by atoms with E-state index in [1.54, 1.807) is 6.20 Å². The maximum atomic E-state index is 11.4. The molecule has 0 spiro atoms. The molecule has 5 nitrogen and oxygen atoms in total. The summed E-state index contributed by atoms with van der Waals surface area (Å²) in [4.78, 5) is 14.4. The number of carbonyl (C=O) groups is 1. The van der Waals surface area contributed by atoms with Gasteiger partial charge in [0.2, 0.25) is 0 Å². The van der Waals surface area contributed by atoms with Gasteiger partial charge in [0, 0.05) is 0 Å². The summed E-state index contributed by atoms with van der Waals surface area (Å²) in [7, 11) is -8.78. The molecule has 0 atom stereocenters. The number of H-pyrrole nitrogens is 1. The van der Waals surface area contributed by atoms with Gasteiger partial charge in [-0.05, 0) is 13.8 Å². The zero-order valence-corrected chi connectivity index (χ0v) is 13.6. The topological polar surface area (TPSA) is 55.2 Å². The van der Waals surface area contributed by atoms with Crippen molar-refractivity contribution < 1.29 is 44.0 Å². The molecule has 0 fully saturated rings. The summed E-state index contributed by atoms with van der Waals surface area (Å²) in [5.74, 6) is 0.584. The van der Waals surface area contributed by atoms with Crippen LogP contribution in [0.5, 0.6) is 0 Å². The Morgan fingerprint density at radius 1 is 1.22 bits per heavy atom. The van der Waals surface area contributed by atoms with Crippen LogP contribution in [0.3, 0.4) is 0 Å². The molecule has 1 N–H and O–H groups in total. The summed E-state index contributed by atoms with van der Waals surface area (Å²) in [5.41, 5.74) is 0. The molecule has 1 heterocycles. The molecule has 0 amide bonds. The Hall–Kier alpha value is -1.35. The predicted octanol–water partition coefficient (Wildman–Crippen LogP) is 3.73. The number of rotatable bonds is 6. The van der Waals surface area contributed by atoms with Crippen LogP contribution >= 0.6 is 7.81 Å². The van der Waals surface area contributed by atoms with Gasteiger partial charge in [-0.25, -0.2) is 9.55 Å². The molecule has 0 radical (unpaired) electrons. The first kappa shape index (κ1) is 21.6. The Morgan fingerprint density at radius 3 is 2.13 bits per heavy atom. The number of nitrogens with zero attached hydrogens (tertiary/aromatic N) is 1. The van der Waals surface area contributed by atoms with Gasteiger partial charge < -0.3 is 9.47 Å². The van der Waals surface area contributed by atoms with Gasteiger partial charge in [-0.1, -0.05) is 0 Å². The summed E-state index contributed by atoms with van der Waals surface area (Å²) in [6.45, 7) is 4.64. The van der Waals surface area contributed by atoms with E-state index >= 15 is 0 Å². The van der Waals surface area contributed by atoms with E-state index in [-0.39, 0.29) is 18.5 Å². The van der Waals surface area contributed by atoms with Crippen LogP contribution in [-0.2, 0) is 27.7 Å². The summed E-state index contributed by atoms with van der Waals surface area (Å²) in [6, 6.07) is 0. The first-order valence-electron chi connectivity index (χ1n) is 6.40. The van der Waals surface area contributed by atoms with Crippen LogP contribution in [0.15, 0.2) is 12.4 Å². The normalized spacial score (nSPS) is 14.5. The second-order valence-electron chi connectivity index (χ2n) is 4.79. The molecule has 138 valence electrons. The fourth-order valence-corrected chi connectivity index (χ4v) is 1.24. The third-order valence-corrected chi connectivity index (χ3v) is 2.08. The van der Waals surface area contributed by atoms with Crippen molar-refractivity contribution in [2.45, 2.75) is 26.4 Å². The Kier molecular flexibility index (Phi) is 6.63. The number of aromatic nitrogens is 2. The van der Waals surface area contributed by atoms with E-state index in [9.17, 15) is 30.0 Å². The number of esters is 1. The fraction of sp³-hybridized carbons (Fsp3) is 0.636. The van der Waals surface area contributed by atoms with Crippen LogP contribution < -0.4 is 4.57 Å². The molecule has 0 saturated carbocycles. The van der Waals surface area contributed by atoms with Crippen molar-refractivity contribution in [1.29, 1.82) is 0 Å². The van der Waals surface area contributed by atoms with Gasteiger partial charge in [-0.3, -0.25) is 4.79 Å². The summed E-state index contributed by atoms with van der Waals surface area (Å²) >= 11 is 0. The molecule has 1 aromatic heterocycles. The first-order chi connectivity index (χ1) is 10.0. The molecule has 0 aliphatic rings. The number of nitrogens with one attached hydrogen (secondary N) is 1. The molecule has 0 aliphatic heterocycles. The van der Waals surface area contributed by atoms with Gasteiger partial charge in [0.05, 0.1) is 19.8 Å². The summed E-state index contributed by atoms with van der Waals surface area (Å²) in [6.07, 6.45) is 4.06. The Labute approximate surface area is 128 Å². The number of ether oxygens (including phenoxy) is 2. The molecular formula is C11H19F6N2O3P. The number of halogens is 6. The van der Waals surface area contributed by atoms with E-state index < -0.39 is 7.81 Å². The number of hydrogen-bond donors (Lipinski definition) is 1. The SMILES string of the molecule is CC(C)OCCOC(=O)Cc1[nH]cc[n+]1C.F[P-](F)(F)(F)(F)F. The van der Waals surface area contributed by atoms with Crippen LogP contribution in [-0.4, -0.2) is 30.3 Å². The molecule has 0 saturated heterocycles. The molecule has 1 aromatic rings. The molecule has 12 heteroatoms. The predicted molar refractivity (Wildman–Crippen MR) is 71.3 cm³/mol. The zero-order chi connectivity index (χ0) is 18.4. The molecule has 0 unspecified atom stereocenters. The number of aromatic amines is 1. The average Bonchev–Trinajstić information content (AvgIpc) is 2.66. The van der Waals surface area contributed by atoms with Crippen molar-refractivity contribution >= 4 is 13.8 Å². The van der Waals surface area contributed by atoms with E-state index in [1.165, 1.54) is 0 Å². The van der Waals surface area contributed by atoms with Crippen LogP contribution in [0, 0.1) is 0 Å². The van der Waals surface area contributed by atoms with E-state index in [0.717, 1.165) is 5.82 Å². The Morgan fingerprint density at radius 2 is 1.74 bits per heavy atom. The van der Waals surface area contributed by atoms with Crippen molar-refractivity contribution in [2.75, 3.05) is 13.2 Å². The third-order valence-electron chi connectivity index (χ3n) is 2.08. The Balaban J connectivity index is 0.000000585. The second kappa shape index (κ2) is 7.04. The standard InChI is InChI=1S/C11H18N2O3.F6P/c1-9(2)15-6-7-16-11(14)8-10-12-4-5-13(10)3;1-7(2,3,4,5)6/h4-5,9H,6-8H2,1-3H3;/q;-1/p+1. The quantitative estimate of drug-likeness (QED) is 0.272. The van der Waals surface area contributed by atoms with E-state index in [4.69, 9.17) is 9.47 Å². The van der Waals surface area contributed by atoms with Crippen molar-refractivity contribution in [2.24, 2.45) is 7.05 Å². The molecule has 23 heavy (non-hydrogen) atoms. The fourth-order valence-electron chi connectivity index (χ4n) is 1.24. The minimum absolute atomic E-state index is 0.167. The number of imidazole rings is 1. The summed E-state index contributed by atoms with van der Waals surface area (Å²) in [5, 5.41) is 0. The van der Waals surface area contributed by atoms with Crippen LogP contribution in [0.2, 0.25) is 0 Å². The van der Waals surface area contributed by atoms with E-state index in [2.05, 4.69) is 4.98 Å². The van der Waals surface area contributed by atoms with E-state index in [1.807, 2.05) is 31.7 Å². The van der Waals surface area contributed by atoms with Gasteiger partial charge in [-0.15, -0.1) is 0 Å². The van der Waals surface area contributed by atoms with Crippen molar-refractivity contribution in [3.8, 4) is 0 Å². The average molecular weight is 372 g/mol. The van der Waals surface area contributed by atoms with Gasteiger partial charge in [0.25, 0.3) is 5.82 Å². The molecule has 0 aliphatic carbocycles. The van der Waals surface area contributed by atoms with Crippen molar-refractivity contribution in [3.63, 3.8) is 0 Å². The van der Waals surface area contributed by atoms with Crippen LogP contribution in [0.1, 0.15) is 19.7 Å². The first-order valence-corrected chi connectivity index (χ1v) is 8.43. The third kappa shape index (κ3) is 18.6. The molecule has 1 rings (SSSR count). The van der Waals surface area contributed by atoms with Crippen molar-refractivity contribution in [1.82, 2.24) is 4.98 Å².